The summed E-state index contributed by atoms with van der Waals surface area (Å²) >= 11 is 5.85. The normalized spacial score (nSPS) is 11.9. The van der Waals surface area contributed by atoms with Crippen molar-refractivity contribution in [3.8, 4) is 11.4 Å². The summed E-state index contributed by atoms with van der Waals surface area (Å²) in [6, 6.07) is 16.0. The molecule has 0 aliphatic carbocycles. The summed E-state index contributed by atoms with van der Waals surface area (Å²) in [6.45, 7) is 3.40. The van der Waals surface area contributed by atoms with Crippen LogP contribution in [0.4, 0.5) is 5.69 Å². The summed E-state index contributed by atoms with van der Waals surface area (Å²) in [6.07, 6.45) is -0.782. The van der Waals surface area contributed by atoms with Gasteiger partial charge in [-0.25, -0.2) is 4.68 Å². The molecule has 3 aromatic rings. The van der Waals surface area contributed by atoms with Gasteiger partial charge in [-0.3, -0.25) is 14.3 Å². The van der Waals surface area contributed by atoms with Crippen LogP contribution in [0.2, 0.25) is 5.02 Å². The molecule has 0 fully saturated rings. The number of nitrogens with one attached hydrogen (secondary N) is 1. The van der Waals surface area contributed by atoms with E-state index in [0.717, 1.165) is 5.69 Å². The van der Waals surface area contributed by atoms with Crippen molar-refractivity contribution >= 4 is 23.2 Å². The van der Waals surface area contributed by atoms with Gasteiger partial charge in [0, 0.05) is 12.1 Å². The lowest BCUT2D eigenvalue weighted by molar-refractivity contribution is -0.122. The molecule has 1 aromatic heterocycles. The van der Waals surface area contributed by atoms with Gasteiger partial charge in [-0.2, -0.15) is 0 Å². The molecule has 3 rings (SSSR count). The smallest absolute Gasteiger partial charge is 0.295 e. The number of carbonyl (C=O) groups is 1. The zero-order valence-corrected chi connectivity index (χ0v) is 16.0. The summed E-state index contributed by atoms with van der Waals surface area (Å²) in [5.41, 5.74) is 1.31. The number of halogens is 1. The van der Waals surface area contributed by atoms with Crippen molar-refractivity contribution < 1.29 is 9.53 Å². The molecule has 0 spiro atoms. The monoisotopic (exact) mass is 385 g/mol. The van der Waals surface area contributed by atoms with Crippen molar-refractivity contribution in [1.29, 1.82) is 0 Å². The Balaban J connectivity index is 1.82. The van der Waals surface area contributed by atoms with Gasteiger partial charge in [-0.15, -0.1) is 0 Å². The van der Waals surface area contributed by atoms with Crippen LogP contribution in [0.5, 0.6) is 5.75 Å². The minimum atomic E-state index is -0.782. The van der Waals surface area contributed by atoms with Crippen LogP contribution in [0, 0.1) is 6.92 Å². The zero-order valence-electron chi connectivity index (χ0n) is 15.3. The predicted octanol–water partition coefficient (Wildman–Crippen LogP) is 3.54. The lowest BCUT2D eigenvalue weighted by atomic mass is 10.3. The van der Waals surface area contributed by atoms with Crippen LogP contribution in [0.15, 0.2) is 59.4 Å². The van der Waals surface area contributed by atoms with Gasteiger partial charge in [-0.05, 0) is 50.2 Å². The average Bonchev–Trinajstić information content (AvgIpc) is 2.87. The molecule has 1 heterocycles. The van der Waals surface area contributed by atoms with Crippen LogP contribution in [-0.2, 0) is 11.8 Å². The molecule has 0 aliphatic heterocycles. The van der Waals surface area contributed by atoms with Gasteiger partial charge in [0.2, 0.25) is 0 Å². The van der Waals surface area contributed by atoms with Crippen LogP contribution in [0.25, 0.3) is 5.69 Å². The summed E-state index contributed by atoms with van der Waals surface area (Å²) in [5.74, 6) is 0.115. The first-order chi connectivity index (χ1) is 12.9. The molecule has 7 heteroatoms. The van der Waals surface area contributed by atoms with Crippen LogP contribution in [0.1, 0.15) is 12.6 Å². The van der Waals surface area contributed by atoms with E-state index in [0.29, 0.717) is 16.5 Å². The second-order valence-corrected chi connectivity index (χ2v) is 6.58. The Kier molecular flexibility index (Phi) is 5.37. The molecule has 0 bridgehead atoms. The Morgan fingerprint density at radius 2 is 1.74 bits per heavy atom. The molecule has 0 saturated carbocycles. The minimum Gasteiger partial charge on any atom is -0.481 e. The fraction of sp³-hybridized carbons (Fsp3) is 0.200. The minimum absolute atomic E-state index is 0.234. The van der Waals surface area contributed by atoms with Gasteiger partial charge < -0.3 is 10.1 Å². The number of hydrogen-bond acceptors (Lipinski definition) is 3. The van der Waals surface area contributed by atoms with Crippen molar-refractivity contribution in [2.45, 2.75) is 20.0 Å². The Bertz CT molecular complexity index is 1010. The van der Waals surface area contributed by atoms with Gasteiger partial charge in [0.05, 0.1) is 11.4 Å². The molecule has 1 N–H and O–H groups in total. The number of benzene rings is 2. The van der Waals surface area contributed by atoms with E-state index in [-0.39, 0.29) is 11.2 Å². The highest BCUT2D eigenvalue weighted by Crippen LogP contribution is 2.18. The molecule has 2 aromatic carbocycles. The summed E-state index contributed by atoms with van der Waals surface area (Å²) in [5, 5.41) is 3.28. The van der Waals surface area contributed by atoms with Gasteiger partial charge in [0.1, 0.15) is 11.4 Å². The fourth-order valence-corrected chi connectivity index (χ4v) is 2.83. The van der Waals surface area contributed by atoms with Crippen LogP contribution in [0.3, 0.4) is 0 Å². The maximum atomic E-state index is 12.8. The first-order valence-electron chi connectivity index (χ1n) is 8.45. The van der Waals surface area contributed by atoms with Gasteiger partial charge in [-0.1, -0.05) is 29.8 Å². The Labute approximate surface area is 161 Å². The van der Waals surface area contributed by atoms with Crippen LogP contribution in [-0.4, -0.2) is 21.4 Å². The third kappa shape index (κ3) is 3.90. The van der Waals surface area contributed by atoms with Gasteiger partial charge in [0.15, 0.2) is 6.10 Å². The van der Waals surface area contributed by atoms with E-state index in [4.69, 9.17) is 16.3 Å². The van der Waals surface area contributed by atoms with Crippen molar-refractivity contribution in [2.75, 3.05) is 5.32 Å². The number of hydrogen-bond donors (Lipinski definition) is 1. The Hall–Kier alpha value is -2.99. The van der Waals surface area contributed by atoms with E-state index in [9.17, 15) is 9.59 Å². The molecule has 1 atom stereocenters. The topological polar surface area (TPSA) is 65.3 Å². The van der Waals surface area contributed by atoms with E-state index in [2.05, 4.69) is 5.32 Å². The standard InChI is InChI=1S/C20H20ClN3O3/c1-13-18(20(26)24(23(13)3)16-7-5-4-6-8-16)22-19(25)14(2)27-17-11-9-15(21)10-12-17/h4-12,14H,1-3H3,(H,22,25). The van der Waals surface area contributed by atoms with E-state index >= 15 is 0 Å². The highest BCUT2D eigenvalue weighted by Gasteiger charge is 2.21. The van der Waals surface area contributed by atoms with E-state index in [1.807, 2.05) is 30.3 Å². The molecule has 6 nitrogen and oxygen atoms in total. The van der Waals surface area contributed by atoms with Crippen molar-refractivity contribution in [3.05, 3.63) is 75.7 Å². The third-order valence-electron chi connectivity index (χ3n) is 4.30. The zero-order chi connectivity index (χ0) is 19.6. The van der Waals surface area contributed by atoms with Crippen LogP contribution < -0.4 is 15.6 Å². The molecule has 1 amide bonds. The molecule has 140 valence electrons. The number of rotatable bonds is 5. The number of aromatic nitrogens is 2. The number of para-hydroxylation sites is 1. The maximum absolute atomic E-state index is 12.8. The molecule has 0 radical (unpaired) electrons. The summed E-state index contributed by atoms with van der Waals surface area (Å²) in [7, 11) is 1.77. The Morgan fingerprint density at radius 3 is 2.37 bits per heavy atom. The molecular formula is C20H20ClN3O3. The lowest BCUT2D eigenvalue weighted by Gasteiger charge is -2.14. The van der Waals surface area contributed by atoms with Crippen molar-refractivity contribution in [1.82, 2.24) is 9.36 Å². The largest absolute Gasteiger partial charge is 0.481 e. The Morgan fingerprint density at radius 1 is 1.11 bits per heavy atom. The molecule has 0 saturated heterocycles. The predicted molar refractivity (Wildman–Crippen MR) is 106 cm³/mol. The first kappa shape index (κ1) is 18.8. The molecule has 0 aliphatic rings. The van der Waals surface area contributed by atoms with Gasteiger partial charge >= 0.3 is 0 Å². The van der Waals surface area contributed by atoms with E-state index < -0.39 is 12.0 Å². The van der Waals surface area contributed by atoms with Crippen molar-refractivity contribution in [3.63, 3.8) is 0 Å². The molecule has 27 heavy (non-hydrogen) atoms. The van der Waals surface area contributed by atoms with Crippen molar-refractivity contribution in [2.24, 2.45) is 7.05 Å². The van der Waals surface area contributed by atoms with Gasteiger partial charge in [0.25, 0.3) is 11.5 Å². The SMILES string of the molecule is Cc1c(NC(=O)C(C)Oc2ccc(Cl)cc2)c(=O)n(-c2ccccc2)n1C. The average molecular weight is 386 g/mol. The number of nitrogens with zero attached hydrogens (tertiary/aromatic N) is 2. The summed E-state index contributed by atoms with van der Waals surface area (Å²) < 4.78 is 8.83. The van der Waals surface area contributed by atoms with E-state index in [1.165, 1.54) is 4.68 Å². The second kappa shape index (κ2) is 7.72. The first-order valence-corrected chi connectivity index (χ1v) is 8.83. The number of carbonyl (C=O) groups excluding carboxylic acids is 1. The summed E-state index contributed by atoms with van der Waals surface area (Å²) in [4.78, 5) is 25.4. The maximum Gasteiger partial charge on any atom is 0.295 e. The second-order valence-electron chi connectivity index (χ2n) is 6.14. The molecular weight excluding hydrogens is 366 g/mol. The number of anilines is 1. The highest BCUT2D eigenvalue weighted by molar-refractivity contribution is 6.30. The number of ether oxygens (including phenoxy) is 1. The number of amides is 1. The van der Waals surface area contributed by atoms with Crippen LogP contribution >= 0.6 is 11.6 Å². The third-order valence-corrected chi connectivity index (χ3v) is 4.55. The quantitative estimate of drug-likeness (QED) is 0.730. The molecule has 1 unspecified atom stereocenters. The fourth-order valence-electron chi connectivity index (χ4n) is 2.71. The highest BCUT2D eigenvalue weighted by atomic mass is 35.5. The lowest BCUT2D eigenvalue weighted by Crippen LogP contribution is -2.32. The van der Waals surface area contributed by atoms with E-state index in [1.54, 1.807) is 49.8 Å².